The normalized spacial score (nSPS) is 15.6. The van der Waals surface area contributed by atoms with Crippen LogP contribution in [0.1, 0.15) is 5.56 Å². The maximum absolute atomic E-state index is 11.4. The number of benzene rings is 1. The van der Waals surface area contributed by atoms with Crippen molar-refractivity contribution in [3.8, 4) is 0 Å². The number of amides is 1. The number of carbonyl (C=O) groups excluding carboxylic acids is 2. The summed E-state index contributed by atoms with van der Waals surface area (Å²) in [7, 11) is 0. The second-order valence-electron chi connectivity index (χ2n) is 2.86. The fourth-order valence-electron chi connectivity index (χ4n) is 1.23. The lowest BCUT2D eigenvalue weighted by atomic mass is 10.0. The molecule has 2 rings (SSSR count). The number of nitrogens with zero attached hydrogens (tertiary/aromatic N) is 1. The maximum Gasteiger partial charge on any atom is 0.270 e. The van der Waals surface area contributed by atoms with E-state index in [0.717, 1.165) is 0 Å². The first-order chi connectivity index (χ1) is 6.77. The highest BCUT2D eigenvalue weighted by Crippen LogP contribution is 2.06. The topological polar surface area (TPSA) is 46.5 Å². The van der Waals surface area contributed by atoms with E-state index in [2.05, 4.69) is 4.99 Å². The Morgan fingerprint density at radius 1 is 0.929 bits per heavy atom. The first-order valence-corrected chi connectivity index (χ1v) is 4.18. The Bertz CT molecular complexity index is 444. The van der Waals surface area contributed by atoms with Crippen molar-refractivity contribution in [1.29, 1.82) is 0 Å². The zero-order chi connectivity index (χ0) is 9.97. The van der Waals surface area contributed by atoms with Crippen LogP contribution in [0.2, 0.25) is 0 Å². The standard InChI is InChI=1S/C11H7NO2/c13-9-6-7-10(14)12-11(9)8-4-2-1-3-5-8/h1-7H. The van der Waals surface area contributed by atoms with Gasteiger partial charge in [-0.15, -0.1) is 0 Å². The minimum atomic E-state index is -0.386. The molecule has 1 amide bonds. The molecule has 1 heterocycles. The van der Waals surface area contributed by atoms with Gasteiger partial charge >= 0.3 is 0 Å². The van der Waals surface area contributed by atoms with E-state index in [1.165, 1.54) is 12.2 Å². The van der Waals surface area contributed by atoms with Crippen LogP contribution in [0.15, 0.2) is 47.5 Å². The van der Waals surface area contributed by atoms with E-state index in [1.54, 1.807) is 24.3 Å². The van der Waals surface area contributed by atoms with Crippen LogP contribution < -0.4 is 0 Å². The Hall–Kier alpha value is -2.03. The van der Waals surface area contributed by atoms with Gasteiger partial charge in [0.25, 0.3) is 5.91 Å². The van der Waals surface area contributed by atoms with Gasteiger partial charge in [0.15, 0.2) is 0 Å². The second-order valence-corrected chi connectivity index (χ2v) is 2.86. The first kappa shape index (κ1) is 8.56. The molecule has 0 atom stereocenters. The summed E-state index contributed by atoms with van der Waals surface area (Å²) in [5.74, 6) is -0.612. The van der Waals surface area contributed by atoms with Crippen molar-refractivity contribution in [3.63, 3.8) is 0 Å². The summed E-state index contributed by atoms with van der Waals surface area (Å²) < 4.78 is 0. The summed E-state index contributed by atoms with van der Waals surface area (Å²) in [6.45, 7) is 0. The fraction of sp³-hybridized carbons (Fsp3) is 0. The van der Waals surface area contributed by atoms with E-state index in [-0.39, 0.29) is 17.4 Å². The molecule has 3 nitrogen and oxygen atoms in total. The smallest absolute Gasteiger partial charge is 0.270 e. The van der Waals surface area contributed by atoms with E-state index in [0.29, 0.717) is 5.56 Å². The second kappa shape index (κ2) is 3.38. The Labute approximate surface area is 80.8 Å². The molecule has 0 N–H and O–H groups in total. The van der Waals surface area contributed by atoms with Gasteiger partial charge < -0.3 is 0 Å². The summed E-state index contributed by atoms with van der Waals surface area (Å²) in [6.07, 6.45) is 2.42. The molecule has 0 aliphatic carbocycles. The highest BCUT2D eigenvalue weighted by Gasteiger charge is 2.16. The molecule has 0 bridgehead atoms. The van der Waals surface area contributed by atoms with Gasteiger partial charge in [0.05, 0.1) is 0 Å². The number of hydrogen-bond acceptors (Lipinski definition) is 2. The van der Waals surface area contributed by atoms with Gasteiger partial charge in [-0.2, -0.15) is 0 Å². The largest absolute Gasteiger partial charge is 0.288 e. The SMILES string of the molecule is O=C1C=CC(=O)C(c2ccccc2)=N1. The lowest BCUT2D eigenvalue weighted by Crippen LogP contribution is -2.18. The molecule has 1 aromatic carbocycles. The van der Waals surface area contributed by atoms with Crippen molar-refractivity contribution in [2.24, 2.45) is 4.99 Å². The van der Waals surface area contributed by atoms with Crippen molar-refractivity contribution in [3.05, 3.63) is 48.0 Å². The van der Waals surface area contributed by atoms with Gasteiger partial charge in [-0.25, -0.2) is 4.99 Å². The van der Waals surface area contributed by atoms with Crippen molar-refractivity contribution in [1.82, 2.24) is 0 Å². The van der Waals surface area contributed by atoms with Crippen molar-refractivity contribution < 1.29 is 9.59 Å². The van der Waals surface area contributed by atoms with Gasteiger partial charge in [0.2, 0.25) is 5.78 Å². The summed E-state index contributed by atoms with van der Waals surface area (Å²) in [6, 6.07) is 8.95. The van der Waals surface area contributed by atoms with Crippen LogP contribution in [0, 0.1) is 0 Å². The van der Waals surface area contributed by atoms with E-state index in [4.69, 9.17) is 0 Å². The number of ketones is 1. The molecule has 0 fully saturated rings. The van der Waals surface area contributed by atoms with Crippen molar-refractivity contribution >= 4 is 17.4 Å². The van der Waals surface area contributed by atoms with Gasteiger partial charge in [0.1, 0.15) is 5.71 Å². The van der Waals surface area contributed by atoms with Gasteiger partial charge in [-0.1, -0.05) is 30.3 Å². The highest BCUT2D eigenvalue weighted by atomic mass is 16.2. The lowest BCUT2D eigenvalue weighted by molar-refractivity contribution is -0.115. The molecule has 0 saturated carbocycles. The Kier molecular flexibility index (Phi) is 2.07. The van der Waals surface area contributed by atoms with Crippen LogP contribution in [-0.2, 0) is 9.59 Å². The van der Waals surface area contributed by atoms with Crippen molar-refractivity contribution in [2.45, 2.75) is 0 Å². The first-order valence-electron chi connectivity index (χ1n) is 4.18. The number of hydrogen-bond donors (Lipinski definition) is 0. The molecule has 14 heavy (non-hydrogen) atoms. The zero-order valence-corrected chi connectivity index (χ0v) is 7.31. The number of rotatable bonds is 1. The molecule has 1 aliphatic rings. The van der Waals surface area contributed by atoms with Crippen LogP contribution in [0.4, 0.5) is 0 Å². The van der Waals surface area contributed by atoms with Crippen molar-refractivity contribution in [2.75, 3.05) is 0 Å². The average molecular weight is 185 g/mol. The van der Waals surface area contributed by atoms with Crippen LogP contribution in [0.25, 0.3) is 0 Å². The number of dihydropyridines is 1. The molecule has 1 aliphatic heterocycles. The van der Waals surface area contributed by atoms with Gasteiger partial charge in [-0.05, 0) is 6.08 Å². The third kappa shape index (κ3) is 1.52. The van der Waals surface area contributed by atoms with E-state index >= 15 is 0 Å². The van der Waals surface area contributed by atoms with E-state index < -0.39 is 0 Å². The molecular formula is C11H7NO2. The molecule has 0 radical (unpaired) electrons. The number of carbonyl (C=O) groups is 2. The molecule has 1 aromatic rings. The summed E-state index contributed by atoms with van der Waals surface area (Å²) in [5.41, 5.74) is 0.897. The Morgan fingerprint density at radius 3 is 2.36 bits per heavy atom. The van der Waals surface area contributed by atoms with Crippen LogP contribution in [0.3, 0.4) is 0 Å². The van der Waals surface area contributed by atoms with Crippen LogP contribution in [0.5, 0.6) is 0 Å². The summed E-state index contributed by atoms with van der Waals surface area (Å²) in [4.78, 5) is 26.0. The molecule has 3 heteroatoms. The molecule has 0 aromatic heterocycles. The zero-order valence-electron chi connectivity index (χ0n) is 7.31. The van der Waals surface area contributed by atoms with Gasteiger partial charge in [0, 0.05) is 11.6 Å². The summed E-state index contributed by atoms with van der Waals surface area (Å²) >= 11 is 0. The van der Waals surface area contributed by atoms with Crippen LogP contribution in [-0.4, -0.2) is 17.4 Å². The molecule has 0 spiro atoms. The molecule has 68 valence electrons. The Morgan fingerprint density at radius 2 is 1.64 bits per heavy atom. The number of allylic oxidation sites excluding steroid dienone is 1. The summed E-state index contributed by atoms with van der Waals surface area (Å²) in [5, 5.41) is 0. The lowest BCUT2D eigenvalue weighted by Gasteiger charge is -2.04. The quantitative estimate of drug-likeness (QED) is 0.658. The Balaban J connectivity index is 2.45. The predicted molar refractivity (Wildman–Crippen MR) is 52.1 cm³/mol. The number of aliphatic imine (C=N–C) groups is 1. The van der Waals surface area contributed by atoms with Gasteiger partial charge in [-0.3, -0.25) is 9.59 Å². The molecular weight excluding hydrogens is 178 g/mol. The molecule has 0 saturated heterocycles. The van der Waals surface area contributed by atoms with E-state index in [9.17, 15) is 9.59 Å². The maximum atomic E-state index is 11.4. The molecule has 0 unspecified atom stereocenters. The predicted octanol–water partition coefficient (Wildman–Crippen LogP) is 1.14. The highest BCUT2D eigenvalue weighted by molar-refractivity contribution is 6.52. The monoisotopic (exact) mass is 185 g/mol. The average Bonchev–Trinajstić information content (AvgIpc) is 2.23. The minimum Gasteiger partial charge on any atom is -0.288 e. The minimum absolute atomic E-state index is 0.220. The fourth-order valence-corrected chi connectivity index (χ4v) is 1.23. The van der Waals surface area contributed by atoms with E-state index in [1.807, 2.05) is 6.07 Å². The van der Waals surface area contributed by atoms with Crippen LogP contribution >= 0.6 is 0 Å². The third-order valence-corrected chi connectivity index (χ3v) is 1.88. The third-order valence-electron chi connectivity index (χ3n) is 1.88.